The average molecular weight is 255 g/mol. The highest BCUT2D eigenvalue weighted by Crippen LogP contribution is 2.25. The standard InChI is InChI=1S/C12H9N5O2/c1-18-11-3-2-8(4-9(11)5-13)12-16-10(7-19-12)6-15-17-14/h2-4,7H,6H2,1H3. The van der Waals surface area contributed by atoms with Gasteiger partial charge < -0.3 is 9.15 Å². The van der Waals surface area contributed by atoms with E-state index in [0.717, 1.165) is 0 Å². The van der Waals surface area contributed by atoms with Crippen LogP contribution in [0.4, 0.5) is 0 Å². The number of hydrogen-bond donors (Lipinski definition) is 0. The van der Waals surface area contributed by atoms with E-state index in [1.54, 1.807) is 18.2 Å². The summed E-state index contributed by atoms with van der Waals surface area (Å²) in [6.45, 7) is 0.126. The second-order valence-electron chi connectivity index (χ2n) is 3.56. The van der Waals surface area contributed by atoms with Crippen LogP contribution in [-0.4, -0.2) is 12.1 Å². The molecule has 19 heavy (non-hydrogen) atoms. The lowest BCUT2D eigenvalue weighted by atomic mass is 10.1. The van der Waals surface area contributed by atoms with Gasteiger partial charge in [0, 0.05) is 10.5 Å². The Morgan fingerprint density at radius 2 is 2.42 bits per heavy atom. The Balaban J connectivity index is 2.34. The van der Waals surface area contributed by atoms with Gasteiger partial charge >= 0.3 is 0 Å². The minimum absolute atomic E-state index is 0.126. The van der Waals surface area contributed by atoms with E-state index in [0.29, 0.717) is 28.5 Å². The molecule has 7 nitrogen and oxygen atoms in total. The third-order valence-corrected chi connectivity index (χ3v) is 2.41. The maximum Gasteiger partial charge on any atom is 0.226 e. The Hall–Kier alpha value is -2.97. The molecule has 2 rings (SSSR count). The number of nitriles is 1. The van der Waals surface area contributed by atoms with E-state index in [1.807, 2.05) is 6.07 Å². The highest BCUT2D eigenvalue weighted by molar-refractivity contribution is 5.60. The Morgan fingerprint density at radius 3 is 3.11 bits per heavy atom. The molecule has 0 unspecified atom stereocenters. The smallest absolute Gasteiger partial charge is 0.226 e. The third-order valence-electron chi connectivity index (χ3n) is 2.41. The molecule has 0 aliphatic carbocycles. The summed E-state index contributed by atoms with van der Waals surface area (Å²) in [5.41, 5.74) is 9.81. The van der Waals surface area contributed by atoms with Gasteiger partial charge in [0.1, 0.15) is 18.1 Å². The van der Waals surface area contributed by atoms with Crippen molar-refractivity contribution in [3.8, 4) is 23.3 Å². The van der Waals surface area contributed by atoms with E-state index in [2.05, 4.69) is 15.0 Å². The molecule has 1 aromatic heterocycles. The van der Waals surface area contributed by atoms with Gasteiger partial charge in [-0.05, 0) is 23.7 Å². The van der Waals surface area contributed by atoms with Gasteiger partial charge in [-0.25, -0.2) is 4.98 Å². The molecule has 0 saturated heterocycles. The summed E-state index contributed by atoms with van der Waals surface area (Å²) in [6.07, 6.45) is 1.42. The number of aromatic nitrogens is 1. The fourth-order valence-electron chi connectivity index (χ4n) is 1.54. The number of rotatable bonds is 4. The molecule has 2 aromatic rings. The van der Waals surface area contributed by atoms with Crippen LogP contribution in [0.1, 0.15) is 11.3 Å². The summed E-state index contributed by atoms with van der Waals surface area (Å²) in [7, 11) is 1.50. The molecule has 0 aliphatic rings. The fraction of sp³-hybridized carbons (Fsp3) is 0.167. The molecule has 0 atom stereocenters. The molecule has 0 spiro atoms. The lowest BCUT2D eigenvalue weighted by molar-refractivity contribution is 0.413. The molecule has 1 aromatic carbocycles. The average Bonchev–Trinajstić information content (AvgIpc) is 2.93. The Labute approximate surface area is 108 Å². The van der Waals surface area contributed by atoms with E-state index < -0.39 is 0 Å². The van der Waals surface area contributed by atoms with E-state index in [9.17, 15) is 0 Å². The summed E-state index contributed by atoms with van der Waals surface area (Å²) in [6, 6.07) is 7.07. The number of benzene rings is 1. The first kappa shape index (κ1) is 12.5. The zero-order valence-corrected chi connectivity index (χ0v) is 10.1. The minimum Gasteiger partial charge on any atom is -0.495 e. The van der Waals surface area contributed by atoms with Crippen molar-refractivity contribution in [2.75, 3.05) is 7.11 Å². The van der Waals surface area contributed by atoms with Gasteiger partial charge in [-0.1, -0.05) is 5.11 Å². The van der Waals surface area contributed by atoms with Gasteiger partial charge in [-0.2, -0.15) is 5.26 Å². The predicted molar refractivity (Wildman–Crippen MR) is 66.1 cm³/mol. The number of nitrogens with zero attached hydrogens (tertiary/aromatic N) is 5. The summed E-state index contributed by atoms with van der Waals surface area (Å²) < 4.78 is 10.3. The molecule has 0 saturated carbocycles. The molecule has 0 aliphatic heterocycles. The first-order valence-electron chi connectivity index (χ1n) is 5.32. The molecule has 0 bridgehead atoms. The van der Waals surface area contributed by atoms with Crippen LogP contribution in [0.3, 0.4) is 0 Å². The van der Waals surface area contributed by atoms with Crippen LogP contribution in [0.2, 0.25) is 0 Å². The molecule has 1 heterocycles. The third kappa shape index (κ3) is 2.65. The van der Waals surface area contributed by atoms with Gasteiger partial charge in [-0.3, -0.25) is 0 Å². The maximum absolute atomic E-state index is 9.01. The summed E-state index contributed by atoms with van der Waals surface area (Å²) in [5.74, 6) is 0.856. The number of oxazole rings is 1. The van der Waals surface area contributed by atoms with Crippen molar-refractivity contribution in [1.29, 1.82) is 5.26 Å². The highest BCUT2D eigenvalue weighted by atomic mass is 16.5. The predicted octanol–water partition coefficient (Wildman–Crippen LogP) is 3.03. The Morgan fingerprint density at radius 1 is 1.58 bits per heavy atom. The Bertz CT molecular complexity index is 680. The topological polar surface area (TPSA) is 108 Å². The Kier molecular flexibility index (Phi) is 3.67. The van der Waals surface area contributed by atoms with Crippen LogP contribution >= 0.6 is 0 Å². The van der Waals surface area contributed by atoms with Crippen LogP contribution in [-0.2, 0) is 6.54 Å². The SMILES string of the molecule is COc1ccc(-c2nc(CN=[N+]=[N-])co2)cc1C#N. The summed E-state index contributed by atoms with van der Waals surface area (Å²) in [4.78, 5) is 6.81. The van der Waals surface area contributed by atoms with Crippen molar-refractivity contribution in [2.24, 2.45) is 5.11 Å². The van der Waals surface area contributed by atoms with Gasteiger partial charge in [0.2, 0.25) is 5.89 Å². The number of methoxy groups -OCH3 is 1. The van der Waals surface area contributed by atoms with Gasteiger partial charge in [0.25, 0.3) is 0 Å². The number of ether oxygens (including phenoxy) is 1. The van der Waals surface area contributed by atoms with Gasteiger partial charge in [-0.15, -0.1) is 0 Å². The van der Waals surface area contributed by atoms with Crippen LogP contribution < -0.4 is 4.74 Å². The molecular formula is C12H9N5O2. The largest absolute Gasteiger partial charge is 0.495 e. The normalized spacial score (nSPS) is 9.47. The van der Waals surface area contributed by atoms with Crippen LogP contribution in [0, 0.1) is 11.3 Å². The molecule has 0 radical (unpaired) electrons. The van der Waals surface area contributed by atoms with Crippen molar-refractivity contribution in [3.63, 3.8) is 0 Å². The molecule has 0 N–H and O–H groups in total. The monoisotopic (exact) mass is 255 g/mol. The highest BCUT2D eigenvalue weighted by Gasteiger charge is 2.10. The lowest BCUT2D eigenvalue weighted by Crippen LogP contribution is -1.89. The van der Waals surface area contributed by atoms with Crippen molar-refractivity contribution in [1.82, 2.24) is 4.98 Å². The van der Waals surface area contributed by atoms with E-state index in [4.69, 9.17) is 19.9 Å². The zero-order valence-electron chi connectivity index (χ0n) is 10.1. The first-order chi connectivity index (χ1) is 9.28. The van der Waals surface area contributed by atoms with Gasteiger partial charge in [0.05, 0.1) is 24.9 Å². The fourth-order valence-corrected chi connectivity index (χ4v) is 1.54. The molecule has 0 fully saturated rings. The van der Waals surface area contributed by atoms with Crippen molar-refractivity contribution < 1.29 is 9.15 Å². The lowest BCUT2D eigenvalue weighted by Gasteiger charge is -2.03. The van der Waals surface area contributed by atoms with E-state index in [-0.39, 0.29) is 6.54 Å². The molecule has 94 valence electrons. The van der Waals surface area contributed by atoms with Crippen molar-refractivity contribution >= 4 is 0 Å². The second kappa shape index (κ2) is 5.58. The minimum atomic E-state index is 0.126. The maximum atomic E-state index is 9.01. The number of azide groups is 1. The van der Waals surface area contributed by atoms with Crippen molar-refractivity contribution in [2.45, 2.75) is 6.54 Å². The second-order valence-corrected chi connectivity index (χ2v) is 3.56. The summed E-state index contributed by atoms with van der Waals surface area (Å²) >= 11 is 0. The quantitative estimate of drug-likeness (QED) is 0.475. The van der Waals surface area contributed by atoms with E-state index in [1.165, 1.54) is 13.4 Å². The van der Waals surface area contributed by atoms with E-state index >= 15 is 0 Å². The van der Waals surface area contributed by atoms with Gasteiger partial charge in [0.15, 0.2) is 0 Å². The molecule has 7 heteroatoms. The molecule has 0 amide bonds. The first-order valence-corrected chi connectivity index (χ1v) is 5.32. The molecular weight excluding hydrogens is 246 g/mol. The summed E-state index contributed by atoms with van der Waals surface area (Å²) in [5, 5.41) is 12.4. The number of hydrogen-bond acceptors (Lipinski definition) is 5. The van der Waals surface area contributed by atoms with Crippen LogP contribution in [0.5, 0.6) is 5.75 Å². The zero-order chi connectivity index (χ0) is 13.7. The van der Waals surface area contributed by atoms with Crippen LogP contribution in [0.15, 0.2) is 34.0 Å². The van der Waals surface area contributed by atoms with Crippen molar-refractivity contribution in [3.05, 3.63) is 46.2 Å². The van der Waals surface area contributed by atoms with Crippen LogP contribution in [0.25, 0.3) is 21.9 Å².